The average Bonchev–Trinajstić information content (AvgIpc) is 2.68. The molecule has 3 nitrogen and oxygen atoms in total. The first-order valence-electron chi connectivity index (χ1n) is 6.75. The Hall–Kier alpha value is -1.61. The molecule has 0 saturated carbocycles. The molecule has 1 N–H and O–H groups in total. The van der Waals surface area contributed by atoms with Crippen LogP contribution < -0.4 is 5.32 Å². The van der Waals surface area contributed by atoms with Crippen LogP contribution in [-0.2, 0) is 13.5 Å². The maximum atomic E-state index is 4.42. The van der Waals surface area contributed by atoms with Gasteiger partial charge in [0.2, 0.25) is 0 Å². The quantitative estimate of drug-likeness (QED) is 0.912. The molecular formula is C16H23N3. The molecular weight excluding hydrogens is 234 g/mol. The second-order valence-electron chi connectivity index (χ2n) is 5.31. The minimum absolute atomic E-state index is 0.328. The zero-order valence-electron chi connectivity index (χ0n) is 12.5. The van der Waals surface area contributed by atoms with Crippen LogP contribution in [0, 0.1) is 20.8 Å². The van der Waals surface area contributed by atoms with Crippen LogP contribution in [0.4, 0.5) is 0 Å². The molecule has 2 aromatic rings. The van der Waals surface area contributed by atoms with Crippen LogP contribution in [0.2, 0.25) is 0 Å². The highest BCUT2D eigenvalue weighted by atomic mass is 15.3. The van der Waals surface area contributed by atoms with Gasteiger partial charge in [-0.1, -0.05) is 23.8 Å². The fraction of sp³-hybridized carbons (Fsp3) is 0.438. The Bertz CT molecular complexity index is 569. The minimum atomic E-state index is 0.328. The molecule has 0 aliphatic carbocycles. The molecule has 0 bridgehead atoms. The van der Waals surface area contributed by atoms with E-state index >= 15 is 0 Å². The third-order valence-corrected chi connectivity index (χ3v) is 3.67. The molecule has 0 spiro atoms. The van der Waals surface area contributed by atoms with Crippen molar-refractivity contribution in [2.75, 3.05) is 7.05 Å². The number of aromatic nitrogens is 2. The van der Waals surface area contributed by atoms with Crippen LogP contribution in [-0.4, -0.2) is 16.8 Å². The van der Waals surface area contributed by atoms with Crippen molar-refractivity contribution in [2.45, 2.75) is 33.2 Å². The summed E-state index contributed by atoms with van der Waals surface area (Å²) in [6.07, 6.45) is 0.956. The Balaban J connectivity index is 2.30. The summed E-state index contributed by atoms with van der Waals surface area (Å²) in [5, 5.41) is 7.85. The van der Waals surface area contributed by atoms with E-state index in [9.17, 15) is 0 Å². The number of nitrogens with zero attached hydrogens (tertiary/aromatic N) is 2. The van der Waals surface area contributed by atoms with Gasteiger partial charge in [-0.3, -0.25) is 4.68 Å². The lowest BCUT2D eigenvalue weighted by atomic mass is 9.95. The molecule has 1 atom stereocenters. The third kappa shape index (κ3) is 3.04. The molecule has 0 saturated heterocycles. The summed E-state index contributed by atoms with van der Waals surface area (Å²) < 4.78 is 1.98. The fourth-order valence-electron chi connectivity index (χ4n) is 2.57. The van der Waals surface area contributed by atoms with Crippen molar-refractivity contribution in [1.29, 1.82) is 0 Å². The Labute approximate surface area is 115 Å². The molecule has 1 aromatic carbocycles. The monoisotopic (exact) mass is 257 g/mol. The number of rotatable bonds is 4. The van der Waals surface area contributed by atoms with Gasteiger partial charge in [0.25, 0.3) is 0 Å². The number of hydrogen-bond acceptors (Lipinski definition) is 2. The number of hydrogen-bond donors (Lipinski definition) is 1. The lowest BCUT2D eigenvalue weighted by Gasteiger charge is -2.19. The van der Waals surface area contributed by atoms with Gasteiger partial charge in [0.05, 0.1) is 5.69 Å². The van der Waals surface area contributed by atoms with Gasteiger partial charge in [-0.25, -0.2) is 0 Å². The summed E-state index contributed by atoms with van der Waals surface area (Å²) in [6.45, 7) is 6.35. The molecule has 19 heavy (non-hydrogen) atoms. The Morgan fingerprint density at radius 3 is 2.53 bits per heavy atom. The van der Waals surface area contributed by atoms with E-state index in [1.807, 2.05) is 25.7 Å². The largest absolute Gasteiger partial charge is 0.313 e. The summed E-state index contributed by atoms with van der Waals surface area (Å²) >= 11 is 0. The summed E-state index contributed by atoms with van der Waals surface area (Å²) in [4.78, 5) is 0. The number of nitrogens with one attached hydrogen (secondary N) is 1. The van der Waals surface area contributed by atoms with Crippen LogP contribution in [0.25, 0.3) is 0 Å². The summed E-state index contributed by atoms with van der Waals surface area (Å²) in [7, 11) is 4.04. The second kappa shape index (κ2) is 5.57. The van der Waals surface area contributed by atoms with Crippen LogP contribution in [0.3, 0.4) is 0 Å². The Morgan fingerprint density at radius 1 is 1.21 bits per heavy atom. The minimum Gasteiger partial charge on any atom is -0.313 e. The molecule has 0 aliphatic rings. The van der Waals surface area contributed by atoms with Gasteiger partial charge in [0.15, 0.2) is 0 Å². The van der Waals surface area contributed by atoms with Crippen molar-refractivity contribution in [3.05, 3.63) is 52.3 Å². The Morgan fingerprint density at radius 2 is 1.95 bits per heavy atom. The Kier molecular flexibility index (Phi) is 4.05. The van der Waals surface area contributed by atoms with E-state index in [1.54, 1.807) is 0 Å². The normalized spacial score (nSPS) is 12.7. The highest BCUT2D eigenvalue weighted by molar-refractivity contribution is 5.33. The van der Waals surface area contributed by atoms with Crippen LogP contribution in [0.1, 0.15) is 34.1 Å². The summed E-state index contributed by atoms with van der Waals surface area (Å²) in [5.74, 6) is 0. The number of benzene rings is 1. The van der Waals surface area contributed by atoms with E-state index in [1.165, 1.54) is 22.4 Å². The third-order valence-electron chi connectivity index (χ3n) is 3.67. The zero-order valence-corrected chi connectivity index (χ0v) is 12.5. The van der Waals surface area contributed by atoms with Crippen molar-refractivity contribution in [3.63, 3.8) is 0 Å². The molecule has 0 amide bonds. The van der Waals surface area contributed by atoms with Crippen molar-refractivity contribution in [2.24, 2.45) is 7.05 Å². The van der Waals surface area contributed by atoms with E-state index in [0.29, 0.717) is 6.04 Å². The van der Waals surface area contributed by atoms with Gasteiger partial charge < -0.3 is 5.32 Å². The van der Waals surface area contributed by atoms with Gasteiger partial charge in [0.1, 0.15) is 0 Å². The SMILES string of the molecule is CNC(Cc1cc(C)nn1C)c1cc(C)ccc1C. The molecule has 1 unspecified atom stereocenters. The van der Waals surface area contributed by atoms with Gasteiger partial charge in [-0.15, -0.1) is 0 Å². The first-order valence-corrected chi connectivity index (χ1v) is 6.75. The van der Waals surface area contributed by atoms with Crippen LogP contribution in [0.15, 0.2) is 24.3 Å². The molecule has 1 heterocycles. The van der Waals surface area contributed by atoms with E-state index in [-0.39, 0.29) is 0 Å². The number of aryl methyl sites for hydroxylation is 4. The van der Waals surface area contributed by atoms with Gasteiger partial charge in [-0.2, -0.15) is 5.10 Å². The van der Waals surface area contributed by atoms with Crippen molar-refractivity contribution >= 4 is 0 Å². The lowest BCUT2D eigenvalue weighted by Crippen LogP contribution is -2.21. The maximum Gasteiger partial charge on any atom is 0.0596 e. The molecule has 1 aromatic heterocycles. The topological polar surface area (TPSA) is 29.9 Å². The van der Waals surface area contributed by atoms with E-state index < -0.39 is 0 Å². The smallest absolute Gasteiger partial charge is 0.0596 e. The van der Waals surface area contributed by atoms with Gasteiger partial charge in [-0.05, 0) is 45.0 Å². The lowest BCUT2D eigenvalue weighted by molar-refractivity contribution is 0.558. The highest BCUT2D eigenvalue weighted by Crippen LogP contribution is 2.22. The molecule has 2 rings (SSSR count). The molecule has 0 radical (unpaired) electrons. The highest BCUT2D eigenvalue weighted by Gasteiger charge is 2.15. The first-order chi connectivity index (χ1) is 9.01. The van der Waals surface area contributed by atoms with Crippen LogP contribution >= 0.6 is 0 Å². The predicted octanol–water partition coefficient (Wildman–Crippen LogP) is 2.85. The average molecular weight is 257 g/mol. The van der Waals surface area contributed by atoms with Crippen molar-refractivity contribution in [1.82, 2.24) is 15.1 Å². The number of likely N-dealkylation sites (N-methyl/N-ethyl adjacent to an activating group) is 1. The fourth-order valence-corrected chi connectivity index (χ4v) is 2.57. The van der Waals surface area contributed by atoms with Gasteiger partial charge >= 0.3 is 0 Å². The summed E-state index contributed by atoms with van der Waals surface area (Å²) in [5.41, 5.74) is 6.36. The first kappa shape index (κ1) is 13.8. The molecule has 0 fully saturated rings. The molecule has 3 heteroatoms. The van der Waals surface area contributed by atoms with Gasteiger partial charge in [0, 0.05) is 25.2 Å². The van der Waals surface area contributed by atoms with Crippen molar-refractivity contribution in [3.8, 4) is 0 Å². The maximum absolute atomic E-state index is 4.42. The summed E-state index contributed by atoms with van der Waals surface area (Å²) in [6, 6.07) is 9.13. The standard InChI is InChI=1S/C16H23N3/c1-11-6-7-12(2)15(8-11)16(17-4)10-14-9-13(3)18-19(14)5/h6-9,16-17H,10H2,1-5H3. The van der Waals surface area contributed by atoms with E-state index in [2.05, 4.69) is 48.5 Å². The predicted molar refractivity (Wildman–Crippen MR) is 79.4 cm³/mol. The molecule has 0 aliphatic heterocycles. The molecule has 102 valence electrons. The second-order valence-corrected chi connectivity index (χ2v) is 5.31. The zero-order chi connectivity index (χ0) is 14.0. The van der Waals surface area contributed by atoms with E-state index in [0.717, 1.165) is 12.1 Å². The van der Waals surface area contributed by atoms with E-state index in [4.69, 9.17) is 0 Å². The van der Waals surface area contributed by atoms with Crippen molar-refractivity contribution < 1.29 is 0 Å². The van der Waals surface area contributed by atoms with Crippen LogP contribution in [0.5, 0.6) is 0 Å².